The number of hydrogen-bond acceptors (Lipinski definition) is 1. The van der Waals surface area contributed by atoms with Gasteiger partial charge >= 0.3 is 0 Å². The van der Waals surface area contributed by atoms with Gasteiger partial charge in [0, 0.05) is 6.42 Å². The van der Waals surface area contributed by atoms with Gasteiger partial charge in [-0.1, -0.05) is 6.07 Å². The molecule has 0 aromatic heterocycles. The second kappa shape index (κ2) is 4.17. The molecule has 13 heavy (non-hydrogen) atoms. The normalized spacial score (nSPS) is 10.1. The Hall–Kier alpha value is -1.18. The molecule has 0 atom stereocenters. The number of aldehydes is 1. The second-order valence-electron chi connectivity index (χ2n) is 3.23. The molecule has 0 N–H and O–H groups in total. The Labute approximate surface area is 77.6 Å². The minimum atomic E-state index is -0.188. The topological polar surface area (TPSA) is 17.1 Å². The second-order valence-corrected chi connectivity index (χ2v) is 3.23. The molecule has 70 valence electrons. The van der Waals surface area contributed by atoms with Crippen LogP contribution < -0.4 is 0 Å². The highest BCUT2D eigenvalue weighted by atomic mass is 19.1. The number of halogens is 1. The first-order valence-corrected chi connectivity index (χ1v) is 4.34. The van der Waals surface area contributed by atoms with Crippen LogP contribution in [0, 0.1) is 19.7 Å². The van der Waals surface area contributed by atoms with Crippen molar-refractivity contribution in [3.8, 4) is 0 Å². The SMILES string of the molecule is Cc1cc(C)c(CCC=O)cc1F. The number of aryl methyl sites for hydroxylation is 3. The summed E-state index contributed by atoms with van der Waals surface area (Å²) in [6, 6.07) is 3.34. The van der Waals surface area contributed by atoms with E-state index in [1.54, 1.807) is 6.92 Å². The minimum absolute atomic E-state index is 0.188. The fourth-order valence-electron chi connectivity index (χ4n) is 1.35. The molecule has 0 radical (unpaired) electrons. The lowest BCUT2D eigenvalue weighted by Gasteiger charge is -2.05. The molecule has 2 heteroatoms. The maximum atomic E-state index is 13.1. The predicted molar refractivity (Wildman–Crippen MR) is 50.3 cm³/mol. The Morgan fingerprint density at radius 3 is 2.62 bits per heavy atom. The summed E-state index contributed by atoms with van der Waals surface area (Å²) < 4.78 is 13.1. The standard InChI is InChI=1S/C11H13FO/c1-8-6-9(2)11(12)7-10(8)4-3-5-13/h5-7H,3-4H2,1-2H3. The first-order chi connectivity index (χ1) is 6.15. The zero-order valence-corrected chi connectivity index (χ0v) is 7.93. The van der Waals surface area contributed by atoms with Gasteiger partial charge in [-0.15, -0.1) is 0 Å². The first kappa shape index (κ1) is 9.90. The van der Waals surface area contributed by atoms with E-state index in [9.17, 15) is 9.18 Å². The summed E-state index contributed by atoms with van der Waals surface area (Å²) in [4.78, 5) is 10.1. The van der Waals surface area contributed by atoms with Crippen LogP contribution in [0.2, 0.25) is 0 Å². The van der Waals surface area contributed by atoms with Crippen LogP contribution in [0.25, 0.3) is 0 Å². The lowest BCUT2D eigenvalue weighted by atomic mass is 10.0. The molecular formula is C11H13FO. The van der Waals surface area contributed by atoms with E-state index in [0.29, 0.717) is 18.4 Å². The van der Waals surface area contributed by atoms with Gasteiger partial charge in [0.1, 0.15) is 12.1 Å². The van der Waals surface area contributed by atoms with Crippen LogP contribution >= 0.6 is 0 Å². The molecule has 1 aromatic rings. The van der Waals surface area contributed by atoms with E-state index in [0.717, 1.165) is 17.4 Å². The number of carbonyl (C=O) groups is 1. The zero-order chi connectivity index (χ0) is 9.84. The van der Waals surface area contributed by atoms with Crippen molar-refractivity contribution < 1.29 is 9.18 Å². The van der Waals surface area contributed by atoms with Crippen LogP contribution in [-0.4, -0.2) is 6.29 Å². The lowest BCUT2D eigenvalue weighted by molar-refractivity contribution is -0.107. The van der Waals surface area contributed by atoms with Gasteiger partial charge in [-0.2, -0.15) is 0 Å². The molecule has 0 unspecified atom stereocenters. The Balaban J connectivity index is 2.94. The van der Waals surface area contributed by atoms with E-state index < -0.39 is 0 Å². The Bertz CT molecular complexity index is 318. The van der Waals surface area contributed by atoms with Crippen molar-refractivity contribution in [3.05, 3.63) is 34.6 Å². The van der Waals surface area contributed by atoms with Gasteiger partial charge in [-0.3, -0.25) is 0 Å². The molecule has 0 heterocycles. The van der Waals surface area contributed by atoms with Crippen LogP contribution in [0.1, 0.15) is 23.1 Å². The number of benzene rings is 1. The molecule has 0 fully saturated rings. The maximum Gasteiger partial charge on any atom is 0.126 e. The van der Waals surface area contributed by atoms with Crippen molar-refractivity contribution in [2.24, 2.45) is 0 Å². The summed E-state index contributed by atoms with van der Waals surface area (Å²) in [6.07, 6.45) is 1.95. The quantitative estimate of drug-likeness (QED) is 0.653. The van der Waals surface area contributed by atoms with E-state index >= 15 is 0 Å². The van der Waals surface area contributed by atoms with E-state index in [-0.39, 0.29) is 5.82 Å². The Morgan fingerprint density at radius 1 is 1.31 bits per heavy atom. The van der Waals surface area contributed by atoms with E-state index in [1.807, 2.05) is 13.0 Å². The third-order valence-electron chi connectivity index (χ3n) is 2.15. The van der Waals surface area contributed by atoms with Gasteiger partial charge in [0.2, 0.25) is 0 Å². The Morgan fingerprint density at radius 2 is 2.00 bits per heavy atom. The van der Waals surface area contributed by atoms with Gasteiger partial charge < -0.3 is 4.79 Å². The lowest BCUT2D eigenvalue weighted by Crippen LogP contribution is -1.94. The smallest absolute Gasteiger partial charge is 0.126 e. The van der Waals surface area contributed by atoms with Crippen LogP contribution in [-0.2, 0) is 11.2 Å². The molecule has 0 amide bonds. The molecule has 0 spiro atoms. The van der Waals surface area contributed by atoms with Crippen molar-refractivity contribution in [1.29, 1.82) is 0 Å². The molecule has 0 saturated heterocycles. The monoisotopic (exact) mass is 180 g/mol. The Kier molecular flexibility index (Phi) is 3.18. The average Bonchev–Trinajstić information content (AvgIpc) is 2.09. The molecule has 1 nitrogen and oxygen atoms in total. The summed E-state index contributed by atoms with van der Waals surface area (Å²) >= 11 is 0. The fourth-order valence-corrected chi connectivity index (χ4v) is 1.35. The molecule has 0 aliphatic carbocycles. The van der Waals surface area contributed by atoms with E-state index in [4.69, 9.17) is 0 Å². The largest absolute Gasteiger partial charge is 0.303 e. The van der Waals surface area contributed by atoms with Crippen molar-refractivity contribution in [2.75, 3.05) is 0 Å². The highest BCUT2D eigenvalue weighted by Gasteiger charge is 2.03. The fraction of sp³-hybridized carbons (Fsp3) is 0.364. The molecule has 1 rings (SSSR count). The van der Waals surface area contributed by atoms with Crippen molar-refractivity contribution >= 4 is 6.29 Å². The van der Waals surface area contributed by atoms with E-state index in [1.165, 1.54) is 6.07 Å². The molecule has 0 aliphatic heterocycles. The van der Waals surface area contributed by atoms with Gasteiger partial charge in [-0.05, 0) is 43.0 Å². The molecule has 0 aliphatic rings. The number of carbonyl (C=O) groups excluding carboxylic acids is 1. The first-order valence-electron chi connectivity index (χ1n) is 4.34. The van der Waals surface area contributed by atoms with Gasteiger partial charge in [0.15, 0.2) is 0 Å². The minimum Gasteiger partial charge on any atom is -0.303 e. The van der Waals surface area contributed by atoms with Crippen LogP contribution in [0.4, 0.5) is 4.39 Å². The summed E-state index contributed by atoms with van der Waals surface area (Å²) in [6.45, 7) is 3.68. The summed E-state index contributed by atoms with van der Waals surface area (Å²) in [5, 5.41) is 0. The number of rotatable bonds is 3. The highest BCUT2D eigenvalue weighted by Crippen LogP contribution is 2.15. The van der Waals surface area contributed by atoms with Crippen LogP contribution in [0.3, 0.4) is 0 Å². The third kappa shape index (κ3) is 2.38. The van der Waals surface area contributed by atoms with Crippen LogP contribution in [0.15, 0.2) is 12.1 Å². The van der Waals surface area contributed by atoms with Crippen LogP contribution in [0.5, 0.6) is 0 Å². The van der Waals surface area contributed by atoms with Crippen molar-refractivity contribution in [3.63, 3.8) is 0 Å². The van der Waals surface area contributed by atoms with Gasteiger partial charge in [0.05, 0.1) is 0 Å². The van der Waals surface area contributed by atoms with Gasteiger partial charge in [-0.25, -0.2) is 4.39 Å². The molecule has 0 saturated carbocycles. The van der Waals surface area contributed by atoms with Crippen molar-refractivity contribution in [2.45, 2.75) is 26.7 Å². The van der Waals surface area contributed by atoms with Crippen molar-refractivity contribution in [1.82, 2.24) is 0 Å². The molecule has 1 aromatic carbocycles. The third-order valence-corrected chi connectivity index (χ3v) is 2.15. The zero-order valence-electron chi connectivity index (χ0n) is 7.93. The van der Waals surface area contributed by atoms with E-state index in [2.05, 4.69) is 0 Å². The summed E-state index contributed by atoms with van der Waals surface area (Å²) in [7, 11) is 0. The molecular weight excluding hydrogens is 167 g/mol. The maximum absolute atomic E-state index is 13.1. The molecule has 0 bridgehead atoms. The van der Waals surface area contributed by atoms with Gasteiger partial charge in [0.25, 0.3) is 0 Å². The number of hydrogen-bond donors (Lipinski definition) is 0. The summed E-state index contributed by atoms with van der Waals surface area (Å²) in [5.41, 5.74) is 2.64. The summed E-state index contributed by atoms with van der Waals surface area (Å²) in [5.74, 6) is -0.188. The highest BCUT2D eigenvalue weighted by molar-refractivity contribution is 5.50. The average molecular weight is 180 g/mol. The predicted octanol–water partition coefficient (Wildman–Crippen LogP) is 2.57.